The van der Waals surface area contributed by atoms with E-state index in [1.165, 1.54) is 0 Å². The Balaban J connectivity index is 1.99. The van der Waals surface area contributed by atoms with Gasteiger partial charge >= 0.3 is 0 Å². The predicted molar refractivity (Wildman–Crippen MR) is 80.5 cm³/mol. The van der Waals surface area contributed by atoms with E-state index in [1.807, 2.05) is 26.0 Å². The highest BCUT2D eigenvalue weighted by molar-refractivity contribution is 5.94. The average Bonchev–Trinajstić information content (AvgIpc) is 2.43. The maximum atomic E-state index is 12.3. The normalized spacial score (nSPS) is 25.1. The van der Waals surface area contributed by atoms with Gasteiger partial charge in [-0.05, 0) is 45.0 Å². The maximum Gasteiger partial charge on any atom is 0.241 e. The monoisotopic (exact) mass is 277 g/mol. The number of hydrogen-bond donors (Lipinski definition) is 2. The maximum absolute atomic E-state index is 12.3. The molecule has 5 nitrogen and oxygen atoms in total. The molecule has 1 saturated heterocycles. The van der Waals surface area contributed by atoms with Crippen LogP contribution in [0.1, 0.15) is 20.8 Å². The first-order valence-corrected chi connectivity index (χ1v) is 7.01. The smallest absolute Gasteiger partial charge is 0.241 e. The highest BCUT2D eigenvalue weighted by atomic mass is 16.5. The van der Waals surface area contributed by atoms with Crippen LogP contribution in [0.2, 0.25) is 0 Å². The number of anilines is 2. The van der Waals surface area contributed by atoms with E-state index in [4.69, 9.17) is 10.5 Å². The van der Waals surface area contributed by atoms with Gasteiger partial charge in [-0.25, -0.2) is 0 Å². The summed E-state index contributed by atoms with van der Waals surface area (Å²) in [5.74, 6) is -0.00396. The summed E-state index contributed by atoms with van der Waals surface area (Å²) in [5, 5.41) is 2.92. The van der Waals surface area contributed by atoms with Crippen molar-refractivity contribution in [2.75, 3.05) is 24.2 Å². The largest absolute Gasteiger partial charge is 0.399 e. The van der Waals surface area contributed by atoms with Gasteiger partial charge in [-0.2, -0.15) is 0 Å². The number of ether oxygens (including phenoxy) is 1. The number of carbonyl (C=O) groups excluding carboxylic acids is 1. The van der Waals surface area contributed by atoms with Crippen LogP contribution in [0.5, 0.6) is 0 Å². The molecule has 1 aliphatic heterocycles. The molecule has 0 radical (unpaired) electrons. The molecule has 1 aromatic rings. The fourth-order valence-electron chi connectivity index (χ4n) is 2.43. The summed E-state index contributed by atoms with van der Waals surface area (Å²) in [6.07, 6.45) is 0.165. The van der Waals surface area contributed by atoms with Crippen LogP contribution in [-0.4, -0.2) is 42.1 Å². The molecule has 110 valence electrons. The van der Waals surface area contributed by atoms with E-state index in [0.29, 0.717) is 12.3 Å². The summed E-state index contributed by atoms with van der Waals surface area (Å²) in [7, 11) is 0. The molecule has 1 heterocycles. The number of rotatable bonds is 3. The molecule has 0 aromatic heterocycles. The predicted octanol–water partition coefficient (Wildman–Crippen LogP) is 1.70. The molecule has 1 aromatic carbocycles. The van der Waals surface area contributed by atoms with Crippen LogP contribution < -0.4 is 11.1 Å². The van der Waals surface area contributed by atoms with Crippen molar-refractivity contribution in [3.63, 3.8) is 0 Å². The van der Waals surface area contributed by atoms with Crippen molar-refractivity contribution in [3.05, 3.63) is 24.3 Å². The lowest BCUT2D eigenvalue weighted by molar-refractivity contribution is -0.126. The number of amides is 1. The second kappa shape index (κ2) is 6.24. The molecular formula is C15H23N3O2. The Morgan fingerprint density at radius 3 is 2.70 bits per heavy atom. The highest BCUT2D eigenvalue weighted by Gasteiger charge is 2.30. The van der Waals surface area contributed by atoms with E-state index in [-0.39, 0.29) is 24.1 Å². The van der Waals surface area contributed by atoms with Gasteiger partial charge in [0.05, 0.1) is 18.8 Å². The van der Waals surface area contributed by atoms with Crippen LogP contribution >= 0.6 is 0 Å². The van der Waals surface area contributed by atoms with E-state index in [1.54, 1.807) is 12.1 Å². The van der Waals surface area contributed by atoms with Gasteiger partial charge in [-0.1, -0.05) is 0 Å². The van der Waals surface area contributed by atoms with Gasteiger partial charge in [-0.3, -0.25) is 9.69 Å². The van der Waals surface area contributed by atoms with Crippen LogP contribution in [0.3, 0.4) is 0 Å². The third kappa shape index (κ3) is 3.49. The van der Waals surface area contributed by atoms with Gasteiger partial charge in [0.15, 0.2) is 0 Å². The first kappa shape index (κ1) is 14.8. The molecule has 1 fully saturated rings. The molecule has 0 bridgehead atoms. The Morgan fingerprint density at radius 2 is 2.05 bits per heavy atom. The average molecular weight is 277 g/mol. The topological polar surface area (TPSA) is 67.6 Å². The van der Waals surface area contributed by atoms with Crippen molar-refractivity contribution in [2.45, 2.75) is 39.0 Å². The zero-order valence-corrected chi connectivity index (χ0v) is 12.3. The minimum atomic E-state index is -0.186. The van der Waals surface area contributed by atoms with Crippen LogP contribution in [0.15, 0.2) is 24.3 Å². The third-order valence-corrected chi connectivity index (χ3v) is 3.71. The minimum Gasteiger partial charge on any atom is -0.399 e. The first-order valence-electron chi connectivity index (χ1n) is 7.01. The lowest BCUT2D eigenvalue weighted by Crippen LogP contribution is -2.54. The molecule has 3 unspecified atom stereocenters. The molecule has 1 aliphatic rings. The van der Waals surface area contributed by atoms with Gasteiger partial charge in [-0.15, -0.1) is 0 Å². The number of nitrogen functional groups attached to an aromatic ring is 1. The Morgan fingerprint density at radius 1 is 1.40 bits per heavy atom. The summed E-state index contributed by atoms with van der Waals surface area (Å²) in [5.41, 5.74) is 7.09. The third-order valence-electron chi connectivity index (χ3n) is 3.71. The Kier molecular flexibility index (Phi) is 4.62. The number of morpholine rings is 1. The molecule has 1 amide bonds. The standard InChI is InChI=1S/C15H23N3O2/c1-10-9-20-11(2)8-18(10)12(3)15(19)17-14-6-4-13(16)5-7-14/h4-7,10-12H,8-9,16H2,1-3H3,(H,17,19). The minimum absolute atomic E-state index is 0.00396. The number of carbonyl (C=O) groups is 1. The summed E-state index contributed by atoms with van der Waals surface area (Å²) in [4.78, 5) is 14.5. The number of benzene rings is 1. The van der Waals surface area contributed by atoms with Gasteiger partial charge in [0, 0.05) is 24.0 Å². The van der Waals surface area contributed by atoms with E-state index < -0.39 is 0 Å². The van der Waals surface area contributed by atoms with Gasteiger partial charge in [0.25, 0.3) is 0 Å². The number of nitrogens with zero attached hydrogens (tertiary/aromatic N) is 1. The molecule has 3 atom stereocenters. The molecular weight excluding hydrogens is 254 g/mol. The Bertz CT molecular complexity index is 461. The number of hydrogen-bond acceptors (Lipinski definition) is 4. The number of nitrogens with one attached hydrogen (secondary N) is 1. The summed E-state index contributed by atoms with van der Waals surface area (Å²) in [6.45, 7) is 7.49. The molecule has 3 N–H and O–H groups in total. The molecule has 0 aliphatic carbocycles. The zero-order chi connectivity index (χ0) is 14.7. The molecule has 5 heteroatoms. The van der Waals surface area contributed by atoms with Crippen molar-refractivity contribution in [1.29, 1.82) is 0 Å². The summed E-state index contributed by atoms with van der Waals surface area (Å²) >= 11 is 0. The van der Waals surface area contributed by atoms with Crippen LogP contribution in [0.4, 0.5) is 11.4 Å². The lowest BCUT2D eigenvalue weighted by Gasteiger charge is -2.39. The fourth-order valence-corrected chi connectivity index (χ4v) is 2.43. The van der Waals surface area contributed by atoms with Gasteiger partial charge in [0.2, 0.25) is 5.91 Å². The lowest BCUT2D eigenvalue weighted by atomic mass is 10.1. The summed E-state index contributed by atoms with van der Waals surface area (Å²) < 4.78 is 5.59. The molecule has 20 heavy (non-hydrogen) atoms. The fraction of sp³-hybridized carbons (Fsp3) is 0.533. The highest BCUT2D eigenvalue weighted by Crippen LogP contribution is 2.17. The van der Waals surface area contributed by atoms with Crippen LogP contribution in [-0.2, 0) is 9.53 Å². The van der Waals surface area contributed by atoms with Gasteiger partial charge < -0.3 is 15.8 Å². The van der Waals surface area contributed by atoms with Crippen LogP contribution in [0.25, 0.3) is 0 Å². The van der Waals surface area contributed by atoms with Gasteiger partial charge in [0.1, 0.15) is 0 Å². The second-order valence-corrected chi connectivity index (χ2v) is 5.48. The van der Waals surface area contributed by atoms with E-state index in [9.17, 15) is 4.79 Å². The molecule has 2 rings (SSSR count). The van der Waals surface area contributed by atoms with Crippen molar-refractivity contribution in [2.24, 2.45) is 0 Å². The van der Waals surface area contributed by atoms with Crippen LogP contribution in [0, 0.1) is 0 Å². The Labute approximate surface area is 120 Å². The molecule has 0 saturated carbocycles. The number of nitrogens with two attached hydrogens (primary N) is 1. The van der Waals surface area contributed by atoms with E-state index >= 15 is 0 Å². The Hall–Kier alpha value is -1.59. The SMILES string of the molecule is CC1CN(C(C)C(=O)Nc2ccc(N)cc2)C(C)CO1. The molecule has 0 spiro atoms. The second-order valence-electron chi connectivity index (χ2n) is 5.48. The first-order chi connectivity index (χ1) is 9.47. The van der Waals surface area contributed by atoms with Crippen molar-refractivity contribution in [1.82, 2.24) is 4.90 Å². The van der Waals surface area contributed by atoms with Crippen molar-refractivity contribution in [3.8, 4) is 0 Å². The van der Waals surface area contributed by atoms with Crippen molar-refractivity contribution >= 4 is 17.3 Å². The van der Waals surface area contributed by atoms with E-state index in [2.05, 4.69) is 17.1 Å². The zero-order valence-electron chi connectivity index (χ0n) is 12.3. The summed E-state index contributed by atoms with van der Waals surface area (Å²) in [6, 6.07) is 7.24. The van der Waals surface area contributed by atoms with E-state index in [0.717, 1.165) is 12.2 Å². The van der Waals surface area contributed by atoms with Crippen molar-refractivity contribution < 1.29 is 9.53 Å². The quantitative estimate of drug-likeness (QED) is 0.825.